The van der Waals surface area contributed by atoms with Crippen molar-refractivity contribution in [3.63, 3.8) is 0 Å². The molecule has 4 atom stereocenters. The molecule has 1 aliphatic carbocycles. The van der Waals surface area contributed by atoms with E-state index in [9.17, 15) is 9.90 Å². The van der Waals surface area contributed by atoms with Crippen LogP contribution in [-0.2, 0) is 4.79 Å². The molecular formula is C16H30N2O2. The summed E-state index contributed by atoms with van der Waals surface area (Å²) < 4.78 is 0. The van der Waals surface area contributed by atoms with Crippen LogP contribution in [0.3, 0.4) is 0 Å². The number of nitrogens with one attached hydrogen (secondary N) is 1. The van der Waals surface area contributed by atoms with Gasteiger partial charge < -0.3 is 10.4 Å². The molecule has 2 rings (SSSR count). The average molecular weight is 282 g/mol. The van der Waals surface area contributed by atoms with Crippen LogP contribution in [0.4, 0.5) is 0 Å². The quantitative estimate of drug-likeness (QED) is 0.786. The molecule has 2 N–H and O–H groups in total. The van der Waals surface area contributed by atoms with E-state index in [4.69, 9.17) is 0 Å². The van der Waals surface area contributed by atoms with E-state index in [0.717, 1.165) is 32.2 Å². The Kier molecular flexibility index (Phi) is 5.08. The van der Waals surface area contributed by atoms with E-state index >= 15 is 0 Å². The number of likely N-dealkylation sites (N-methyl/N-ethyl adjacent to an activating group) is 1. The summed E-state index contributed by atoms with van der Waals surface area (Å²) in [6.45, 7) is 5.63. The number of hydrogen-bond acceptors (Lipinski definition) is 3. The third kappa shape index (κ3) is 2.73. The van der Waals surface area contributed by atoms with Gasteiger partial charge in [0.15, 0.2) is 0 Å². The van der Waals surface area contributed by atoms with E-state index < -0.39 is 11.5 Å². The molecule has 0 amide bonds. The van der Waals surface area contributed by atoms with E-state index in [1.807, 2.05) is 0 Å². The number of nitrogens with zero attached hydrogens (tertiary/aromatic N) is 1. The van der Waals surface area contributed by atoms with Gasteiger partial charge in [0.25, 0.3) is 0 Å². The number of aliphatic carboxylic acids is 1. The van der Waals surface area contributed by atoms with Gasteiger partial charge in [-0.05, 0) is 65.0 Å². The summed E-state index contributed by atoms with van der Waals surface area (Å²) in [5.74, 6) is -0.390. The van der Waals surface area contributed by atoms with Crippen molar-refractivity contribution in [2.24, 2.45) is 5.92 Å². The molecule has 20 heavy (non-hydrogen) atoms. The number of carbonyl (C=O) groups is 1. The fraction of sp³-hybridized carbons (Fsp3) is 0.938. The zero-order valence-electron chi connectivity index (χ0n) is 13.2. The van der Waals surface area contributed by atoms with Crippen molar-refractivity contribution < 1.29 is 9.90 Å². The molecule has 0 radical (unpaired) electrons. The third-order valence-corrected chi connectivity index (χ3v) is 5.81. The lowest BCUT2D eigenvalue weighted by molar-refractivity contribution is -0.146. The van der Waals surface area contributed by atoms with Crippen LogP contribution >= 0.6 is 0 Å². The second kappa shape index (κ2) is 6.44. The Morgan fingerprint density at radius 3 is 2.75 bits per heavy atom. The van der Waals surface area contributed by atoms with Crippen molar-refractivity contribution in [2.75, 3.05) is 13.6 Å². The summed E-state index contributed by atoms with van der Waals surface area (Å²) >= 11 is 0. The Morgan fingerprint density at radius 1 is 1.40 bits per heavy atom. The summed E-state index contributed by atoms with van der Waals surface area (Å²) in [6, 6.07) is 1.37. The predicted octanol–water partition coefficient (Wildman–Crippen LogP) is 2.48. The van der Waals surface area contributed by atoms with Crippen LogP contribution < -0.4 is 5.32 Å². The lowest BCUT2D eigenvalue weighted by Gasteiger charge is -2.34. The molecule has 1 aliphatic heterocycles. The molecule has 0 aromatic heterocycles. The summed E-state index contributed by atoms with van der Waals surface area (Å²) in [4.78, 5) is 14.3. The van der Waals surface area contributed by atoms with Crippen molar-refractivity contribution in [3.05, 3.63) is 0 Å². The topological polar surface area (TPSA) is 52.6 Å². The molecule has 4 nitrogen and oxygen atoms in total. The van der Waals surface area contributed by atoms with Crippen LogP contribution in [-0.4, -0.2) is 47.2 Å². The first-order valence-electron chi connectivity index (χ1n) is 8.23. The SMILES string of the molecule is CCC1CCC(C)N1CCC1CCCC1(NC)C(=O)O. The van der Waals surface area contributed by atoms with Gasteiger partial charge in [0, 0.05) is 12.1 Å². The minimum absolute atomic E-state index is 0.273. The summed E-state index contributed by atoms with van der Waals surface area (Å²) in [5.41, 5.74) is -0.676. The number of hydrogen-bond donors (Lipinski definition) is 2. The third-order valence-electron chi connectivity index (χ3n) is 5.81. The van der Waals surface area contributed by atoms with Crippen molar-refractivity contribution in [1.82, 2.24) is 10.2 Å². The summed E-state index contributed by atoms with van der Waals surface area (Å²) in [7, 11) is 1.81. The van der Waals surface area contributed by atoms with Gasteiger partial charge >= 0.3 is 5.97 Å². The van der Waals surface area contributed by atoms with Gasteiger partial charge in [-0.25, -0.2) is 0 Å². The highest BCUT2D eigenvalue weighted by molar-refractivity contribution is 5.79. The largest absolute Gasteiger partial charge is 0.480 e. The Balaban J connectivity index is 1.97. The molecular weight excluding hydrogens is 252 g/mol. The van der Waals surface area contributed by atoms with E-state index in [1.165, 1.54) is 19.3 Å². The molecule has 1 saturated carbocycles. The van der Waals surface area contributed by atoms with Gasteiger partial charge in [0.05, 0.1) is 0 Å². The first kappa shape index (κ1) is 15.8. The van der Waals surface area contributed by atoms with Crippen LogP contribution in [0.25, 0.3) is 0 Å². The molecule has 0 aromatic rings. The average Bonchev–Trinajstić information content (AvgIpc) is 3.00. The summed E-state index contributed by atoms with van der Waals surface area (Å²) in [5, 5.41) is 12.7. The number of carboxylic acids is 1. The fourth-order valence-corrected chi connectivity index (χ4v) is 4.46. The number of carboxylic acid groups (broad SMARTS) is 1. The molecule has 0 spiro atoms. The van der Waals surface area contributed by atoms with E-state index in [1.54, 1.807) is 7.05 Å². The van der Waals surface area contributed by atoms with Gasteiger partial charge in [-0.3, -0.25) is 9.69 Å². The van der Waals surface area contributed by atoms with E-state index in [-0.39, 0.29) is 5.92 Å². The molecule has 116 valence electrons. The fourth-order valence-electron chi connectivity index (χ4n) is 4.46. The second-order valence-electron chi connectivity index (χ2n) is 6.63. The van der Waals surface area contributed by atoms with E-state index in [0.29, 0.717) is 12.1 Å². The van der Waals surface area contributed by atoms with Crippen molar-refractivity contribution >= 4 is 5.97 Å². The Bertz CT molecular complexity index is 347. The Morgan fingerprint density at radius 2 is 2.15 bits per heavy atom. The van der Waals surface area contributed by atoms with Crippen LogP contribution in [0.15, 0.2) is 0 Å². The van der Waals surface area contributed by atoms with E-state index in [2.05, 4.69) is 24.1 Å². The maximum Gasteiger partial charge on any atom is 0.324 e. The highest BCUT2D eigenvalue weighted by Gasteiger charge is 2.48. The normalized spacial score (nSPS) is 38.5. The molecule has 2 fully saturated rings. The van der Waals surface area contributed by atoms with Gasteiger partial charge in [-0.1, -0.05) is 13.3 Å². The highest BCUT2D eigenvalue weighted by Crippen LogP contribution is 2.39. The minimum Gasteiger partial charge on any atom is -0.480 e. The van der Waals surface area contributed by atoms with Crippen LogP contribution in [0, 0.1) is 5.92 Å². The molecule has 0 bridgehead atoms. The maximum absolute atomic E-state index is 11.7. The second-order valence-corrected chi connectivity index (χ2v) is 6.63. The number of rotatable bonds is 6. The smallest absolute Gasteiger partial charge is 0.324 e. The van der Waals surface area contributed by atoms with Crippen LogP contribution in [0.2, 0.25) is 0 Å². The zero-order valence-corrected chi connectivity index (χ0v) is 13.2. The Labute approximate surface area is 122 Å². The predicted molar refractivity (Wildman–Crippen MR) is 80.9 cm³/mol. The number of likely N-dealkylation sites (tertiary alicyclic amines) is 1. The van der Waals surface area contributed by atoms with Gasteiger partial charge in [0.2, 0.25) is 0 Å². The zero-order chi connectivity index (χ0) is 14.8. The molecule has 4 heteroatoms. The standard InChI is InChI=1S/C16H30N2O2/c1-4-14-8-7-12(2)18(14)11-9-13-6-5-10-16(13,17-3)15(19)20/h12-14,17H,4-11H2,1-3H3,(H,19,20). The molecule has 2 aliphatic rings. The van der Waals surface area contributed by atoms with Crippen molar-refractivity contribution in [1.29, 1.82) is 0 Å². The first-order valence-corrected chi connectivity index (χ1v) is 8.23. The molecule has 0 aromatic carbocycles. The summed E-state index contributed by atoms with van der Waals surface area (Å²) in [6.07, 6.45) is 7.67. The highest BCUT2D eigenvalue weighted by atomic mass is 16.4. The van der Waals surface area contributed by atoms with Crippen LogP contribution in [0.5, 0.6) is 0 Å². The Hall–Kier alpha value is -0.610. The molecule has 1 heterocycles. The van der Waals surface area contributed by atoms with Gasteiger partial charge in [0.1, 0.15) is 5.54 Å². The monoisotopic (exact) mass is 282 g/mol. The molecule has 4 unspecified atom stereocenters. The maximum atomic E-state index is 11.7. The lowest BCUT2D eigenvalue weighted by atomic mass is 9.84. The first-order chi connectivity index (χ1) is 9.55. The molecule has 1 saturated heterocycles. The van der Waals surface area contributed by atoms with Gasteiger partial charge in [-0.15, -0.1) is 0 Å². The minimum atomic E-state index is -0.676. The van der Waals surface area contributed by atoms with Crippen molar-refractivity contribution in [2.45, 2.75) is 76.4 Å². The van der Waals surface area contributed by atoms with Crippen LogP contribution in [0.1, 0.15) is 58.8 Å². The van der Waals surface area contributed by atoms with Gasteiger partial charge in [-0.2, -0.15) is 0 Å². The lowest BCUT2D eigenvalue weighted by Crippen LogP contribution is -2.53. The van der Waals surface area contributed by atoms with Crippen molar-refractivity contribution in [3.8, 4) is 0 Å².